The third-order valence-electron chi connectivity index (χ3n) is 1.54. The molecule has 0 spiro atoms. The molecule has 1 aromatic heterocycles. The first-order valence-corrected chi connectivity index (χ1v) is 3.61. The maximum Gasteiger partial charge on any atom is 0.345 e. The zero-order valence-electron chi connectivity index (χ0n) is 6.84. The number of nitrogens with zero attached hydrogens (tertiary/aromatic N) is 3. The number of aliphatic hydroxyl groups excluding tert-OH is 1. The van der Waals surface area contributed by atoms with E-state index < -0.39 is 6.10 Å². The summed E-state index contributed by atoms with van der Waals surface area (Å²) < 4.78 is 2.51. The second-order valence-electron chi connectivity index (χ2n) is 2.60. The molecule has 0 aliphatic rings. The summed E-state index contributed by atoms with van der Waals surface area (Å²) in [6.45, 7) is 0.277. The molecule has 1 heterocycles. The van der Waals surface area contributed by atoms with Crippen molar-refractivity contribution < 1.29 is 5.11 Å². The van der Waals surface area contributed by atoms with E-state index in [1.807, 2.05) is 0 Å². The molecule has 0 saturated carbocycles. The van der Waals surface area contributed by atoms with Gasteiger partial charge in [-0.15, -0.1) is 0 Å². The molecule has 0 saturated heterocycles. The number of nitrogens with two attached hydrogens (primary N) is 1. The second kappa shape index (κ2) is 3.51. The average molecular weight is 172 g/mol. The lowest BCUT2D eigenvalue weighted by molar-refractivity contribution is 0.155. The van der Waals surface area contributed by atoms with E-state index >= 15 is 0 Å². The molecule has 0 amide bonds. The van der Waals surface area contributed by atoms with E-state index in [1.54, 1.807) is 7.05 Å². The van der Waals surface area contributed by atoms with Gasteiger partial charge in [0.1, 0.15) is 6.33 Å². The van der Waals surface area contributed by atoms with Gasteiger partial charge in [-0.2, -0.15) is 5.10 Å². The quantitative estimate of drug-likeness (QED) is 0.547. The van der Waals surface area contributed by atoms with Gasteiger partial charge >= 0.3 is 5.69 Å². The van der Waals surface area contributed by atoms with Gasteiger partial charge in [-0.1, -0.05) is 0 Å². The molecule has 68 valence electrons. The van der Waals surface area contributed by atoms with Crippen LogP contribution in [-0.4, -0.2) is 32.1 Å². The van der Waals surface area contributed by atoms with E-state index in [0.717, 1.165) is 0 Å². The van der Waals surface area contributed by atoms with Crippen LogP contribution in [0.5, 0.6) is 0 Å². The van der Waals surface area contributed by atoms with E-state index in [4.69, 9.17) is 10.8 Å². The largest absolute Gasteiger partial charge is 0.390 e. The summed E-state index contributed by atoms with van der Waals surface area (Å²) in [5.74, 6) is 0. The lowest BCUT2D eigenvalue weighted by Crippen LogP contribution is -2.32. The molecular weight excluding hydrogens is 160 g/mol. The molecular formula is C6H12N4O2. The van der Waals surface area contributed by atoms with Crippen molar-refractivity contribution in [3.8, 4) is 0 Å². The van der Waals surface area contributed by atoms with Gasteiger partial charge < -0.3 is 10.8 Å². The number of hydrogen-bond acceptors (Lipinski definition) is 4. The number of aromatic nitrogens is 3. The zero-order valence-corrected chi connectivity index (χ0v) is 6.84. The van der Waals surface area contributed by atoms with Gasteiger partial charge in [0, 0.05) is 13.6 Å². The van der Waals surface area contributed by atoms with Gasteiger partial charge in [0.05, 0.1) is 12.6 Å². The zero-order chi connectivity index (χ0) is 9.14. The smallest absolute Gasteiger partial charge is 0.345 e. The summed E-state index contributed by atoms with van der Waals surface area (Å²) >= 11 is 0. The Morgan fingerprint density at radius 2 is 2.50 bits per heavy atom. The molecule has 0 aromatic carbocycles. The second-order valence-corrected chi connectivity index (χ2v) is 2.60. The van der Waals surface area contributed by atoms with Crippen molar-refractivity contribution in [1.82, 2.24) is 14.3 Å². The maximum atomic E-state index is 11.1. The normalized spacial score (nSPS) is 13.2. The molecule has 0 bridgehead atoms. The van der Waals surface area contributed by atoms with Crippen LogP contribution in [0.25, 0.3) is 0 Å². The first kappa shape index (κ1) is 8.95. The van der Waals surface area contributed by atoms with Gasteiger partial charge in [0.2, 0.25) is 0 Å². The van der Waals surface area contributed by atoms with Crippen LogP contribution < -0.4 is 11.4 Å². The Morgan fingerprint density at radius 1 is 1.83 bits per heavy atom. The van der Waals surface area contributed by atoms with Crippen molar-refractivity contribution >= 4 is 0 Å². The Kier molecular flexibility index (Phi) is 2.61. The van der Waals surface area contributed by atoms with Crippen molar-refractivity contribution in [2.75, 3.05) is 6.54 Å². The van der Waals surface area contributed by atoms with Crippen molar-refractivity contribution in [3.05, 3.63) is 16.8 Å². The van der Waals surface area contributed by atoms with E-state index in [0.29, 0.717) is 0 Å². The molecule has 0 unspecified atom stereocenters. The molecule has 0 radical (unpaired) electrons. The SMILES string of the molecule is Cn1cnn(C[C@@H](O)CN)c1=O. The van der Waals surface area contributed by atoms with Gasteiger partial charge in [-0.25, -0.2) is 9.48 Å². The van der Waals surface area contributed by atoms with Crippen LogP contribution in [0.15, 0.2) is 11.1 Å². The predicted octanol–water partition coefficient (Wildman–Crippen LogP) is -2.10. The Labute approximate surface area is 69.2 Å². The first-order chi connectivity index (χ1) is 5.65. The molecule has 3 N–H and O–H groups in total. The molecule has 0 aliphatic carbocycles. The predicted molar refractivity (Wildman–Crippen MR) is 42.5 cm³/mol. The minimum Gasteiger partial charge on any atom is -0.390 e. The summed E-state index contributed by atoms with van der Waals surface area (Å²) in [6, 6.07) is 0. The highest BCUT2D eigenvalue weighted by Crippen LogP contribution is 1.83. The van der Waals surface area contributed by atoms with Crippen LogP contribution in [0.2, 0.25) is 0 Å². The van der Waals surface area contributed by atoms with Crippen LogP contribution in [0, 0.1) is 0 Å². The van der Waals surface area contributed by atoms with Crippen molar-refractivity contribution in [2.45, 2.75) is 12.6 Å². The molecule has 1 aromatic rings. The van der Waals surface area contributed by atoms with E-state index in [2.05, 4.69) is 5.10 Å². The van der Waals surface area contributed by atoms with E-state index in [-0.39, 0.29) is 18.8 Å². The van der Waals surface area contributed by atoms with Gasteiger partial charge in [-0.3, -0.25) is 4.57 Å². The van der Waals surface area contributed by atoms with Crippen LogP contribution in [0.3, 0.4) is 0 Å². The van der Waals surface area contributed by atoms with E-state index in [9.17, 15) is 4.79 Å². The van der Waals surface area contributed by atoms with Gasteiger partial charge in [-0.05, 0) is 0 Å². The van der Waals surface area contributed by atoms with Crippen molar-refractivity contribution in [2.24, 2.45) is 12.8 Å². The maximum absolute atomic E-state index is 11.1. The number of rotatable bonds is 3. The summed E-state index contributed by atoms with van der Waals surface area (Å²) in [4.78, 5) is 11.1. The lowest BCUT2D eigenvalue weighted by Gasteiger charge is -2.04. The molecule has 6 nitrogen and oxygen atoms in total. The van der Waals surface area contributed by atoms with Gasteiger partial charge in [0.15, 0.2) is 0 Å². The summed E-state index contributed by atoms with van der Waals surface area (Å²) in [5, 5.41) is 12.9. The highest BCUT2D eigenvalue weighted by atomic mass is 16.3. The molecule has 1 atom stereocenters. The molecule has 12 heavy (non-hydrogen) atoms. The molecule has 0 fully saturated rings. The fourth-order valence-corrected chi connectivity index (χ4v) is 0.820. The van der Waals surface area contributed by atoms with Crippen LogP contribution in [0.1, 0.15) is 0 Å². The van der Waals surface area contributed by atoms with Crippen molar-refractivity contribution in [3.63, 3.8) is 0 Å². The Hall–Kier alpha value is -1.14. The van der Waals surface area contributed by atoms with Crippen LogP contribution >= 0.6 is 0 Å². The summed E-state index contributed by atoms with van der Waals surface area (Å²) in [7, 11) is 1.60. The Morgan fingerprint density at radius 3 is 2.92 bits per heavy atom. The monoisotopic (exact) mass is 172 g/mol. The fraction of sp³-hybridized carbons (Fsp3) is 0.667. The number of hydrogen-bond donors (Lipinski definition) is 2. The van der Waals surface area contributed by atoms with Crippen molar-refractivity contribution in [1.29, 1.82) is 0 Å². The van der Waals surface area contributed by atoms with Gasteiger partial charge in [0.25, 0.3) is 0 Å². The highest BCUT2D eigenvalue weighted by molar-refractivity contribution is 4.67. The number of aryl methyl sites for hydroxylation is 1. The Balaban J connectivity index is 2.76. The molecule has 6 heteroatoms. The molecule has 0 aliphatic heterocycles. The highest BCUT2D eigenvalue weighted by Gasteiger charge is 2.06. The lowest BCUT2D eigenvalue weighted by atomic mass is 10.4. The standard InChI is InChI=1S/C6H12N4O2/c1-9-4-8-10(6(9)12)3-5(11)2-7/h4-5,11H,2-3,7H2,1H3/t5-/m0/s1. The van der Waals surface area contributed by atoms with E-state index in [1.165, 1.54) is 15.6 Å². The van der Waals surface area contributed by atoms with Crippen LogP contribution in [0.4, 0.5) is 0 Å². The minimum absolute atomic E-state index is 0.128. The summed E-state index contributed by atoms with van der Waals surface area (Å²) in [5.41, 5.74) is 4.93. The Bertz CT molecular complexity index is 303. The minimum atomic E-state index is -0.711. The third kappa shape index (κ3) is 1.72. The number of aliphatic hydroxyl groups is 1. The third-order valence-corrected chi connectivity index (χ3v) is 1.54. The first-order valence-electron chi connectivity index (χ1n) is 3.61. The molecule has 1 rings (SSSR count). The summed E-state index contributed by atoms with van der Waals surface area (Å²) in [6.07, 6.45) is 0.684. The topological polar surface area (TPSA) is 86.1 Å². The fourth-order valence-electron chi connectivity index (χ4n) is 0.820. The average Bonchev–Trinajstić information content (AvgIpc) is 2.36. The van der Waals surface area contributed by atoms with Crippen LogP contribution in [-0.2, 0) is 13.6 Å².